The number of hydrogen-bond donors (Lipinski definition) is 2. The summed E-state index contributed by atoms with van der Waals surface area (Å²) in [6.45, 7) is 4.09. The van der Waals surface area contributed by atoms with Crippen molar-refractivity contribution < 1.29 is 4.79 Å². The van der Waals surface area contributed by atoms with Crippen molar-refractivity contribution in [3.8, 4) is 0 Å². The molecule has 0 aromatic heterocycles. The van der Waals surface area contributed by atoms with E-state index in [1.165, 1.54) is 12.8 Å². The van der Waals surface area contributed by atoms with E-state index in [1.54, 1.807) is 0 Å². The van der Waals surface area contributed by atoms with Gasteiger partial charge in [0.2, 0.25) is 5.91 Å². The van der Waals surface area contributed by atoms with Gasteiger partial charge in [0, 0.05) is 6.04 Å². The maximum atomic E-state index is 11.3. The van der Waals surface area contributed by atoms with Crippen LogP contribution in [0.5, 0.6) is 0 Å². The summed E-state index contributed by atoms with van der Waals surface area (Å²) in [5.41, 5.74) is 0. The van der Waals surface area contributed by atoms with Crippen LogP contribution in [0.3, 0.4) is 0 Å². The highest BCUT2D eigenvalue weighted by atomic mass is 32.1. The molecule has 0 bridgehead atoms. The molecule has 1 rings (SSSR count). The van der Waals surface area contributed by atoms with Gasteiger partial charge in [0.1, 0.15) is 0 Å². The van der Waals surface area contributed by atoms with Crippen molar-refractivity contribution in [1.82, 2.24) is 5.32 Å². The molecule has 76 valence electrons. The predicted molar refractivity (Wildman–Crippen MR) is 58.0 cm³/mol. The molecule has 0 saturated heterocycles. The van der Waals surface area contributed by atoms with E-state index < -0.39 is 0 Å². The number of carbonyl (C=O) groups is 1. The normalized spacial score (nSPS) is 31.0. The average Bonchev–Trinajstić information content (AvgIpc) is 2.08. The van der Waals surface area contributed by atoms with Gasteiger partial charge in [0.05, 0.1) is 5.25 Å². The van der Waals surface area contributed by atoms with E-state index in [1.807, 2.05) is 6.92 Å². The van der Waals surface area contributed by atoms with Crippen molar-refractivity contribution in [3.05, 3.63) is 0 Å². The van der Waals surface area contributed by atoms with Crippen LogP contribution in [0.4, 0.5) is 0 Å². The van der Waals surface area contributed by atoms with Crippen LogP contribution in [0.2, 0.25) is 0 Å². The predicted octanol–water partition coefficient (Wildman–Crippen LogP) is 2.00. The molecule has 3 heteroatoms. The lowest BCUT2D eigenvalue weighted by atomic mass is 9.87. The summed E-state index contributed by atoms with van der Waals surface area (Å²) in [5, 5.41) is 2.84. The molecule has 1 fully saturated rings. The molecular formula is C10H19NOS. The average molecular weight is 201 g/mol. The minimum absolute atomic E-state index is 0.0721. The SMILES string of the molecule is CC1CCC(NC(=O)C(C)S)CC1. The third kappa shape index (κ3) is 3.59. The fourth-order valence-electron chi connectivity index (χ4n) is 1.73. The first-order valence-electron chi connectivity index (χ1n) is 5.08. The molecule has 1 aliphatic carbocycles. The van der Waals surface area contributed by atoms with Crippen molar-refractivity contribution in [1.29, 1.82) is 0 Å². The van der Waals surface area contributed by atoms with Gasteiger partial charge in [-0.2, -0.15) is 12.6 Å². The fraction of sp³-hybridized carbons (Fsp3) is 0.900. The highest BCUT2D eigenvalue weighted by Gasteiger charge is 2.20. The second-order valence-corrected chi connectivity index (χ2v) is 4.92. The van der Waals surface area contributed by atoms with Crippen LogP contribution in [0, 0.1) is 5.92 Å². The van der Waals surface area contributed by atoms with E-state index in [2.05, 4.69) is 24.9 Å². The van der Waals surface area contributed by atoms with E-state index in [4.69, 9.17) is 0 Å². The molecule has 1 unspecified atom stereocenters. The van der Waals surface area contributed by atoms with E-state index in [0.717, 1.165) is 18.8 Å². The van der Waals surface area contributed by atoms with Crippen LogP contribution >= 0.6 is 12.6 Å². The molecule has 2 nitrogen and oxygen atoms in total. The Hall–Kier alpha value is -0.180. The Morgan fingerprint density at radius 3 is 2.38 bits per heavy atom. The third-order valence-corrected chi connectivity index (χ3v) is 2.98. The van der Waals surface area contributed by atoms with Crippen LogP contribution in [-0.4, -0.2) is 17.2 Å². The maximum Gasteiger partial charge on any atom is 0.232 e. The standard InChI is InChI=1S/C10H19NOS/c1-7-3-5-9(6-4-7)11-10(12)8(2)13/h7-9,13H,3-6H2,1-2H3,(H,11,12). The number of carbonyl (C=O) groups excluding carboxylic acids is 1. The van der Waals surface area contributed by atoms with Gasteiger partial charge in [-0.15, -0.1) is 0 Å². The van der Waals surface area contributed by atoms with Crippen LogP contribution in [0.15, 0.2) is 0 Å². The molecule has 1 amide bonds. The zero-order valence-corrected chi connectivity index (χ0v) is 9.31. The molecule has 0 aromatic rings. The first-order valence-corrected chi connectivity index (χ1v) is 5.59. The van der Waals surface area contributed by atoms with Gasteiger partial charge in [0.25, 0.3) is 0 Å². The van der Waals surface area contributed by atoms with E-state index >= 15 is 0 Å². The Balaban J connectivity index is 2.26. The summed E-state index contributed by atoms with van der Waals surface area (Å²) in [6, 6.07) is 0.401. The lowest BCUT2D eigenvalue weighted by Crippen LogP contribution is -2.40. The Morgan fingerprint density at radius 2 is 1.92 bits per heavy atom. The van der Waals surface area contributed by atoms with Crippen molar-refractivity contribution in [2.75, 3.05) is 0 Å². The maximum absolute atomic E-state index is 11.3. The smallest absolute Gasteiger partial charge is 0.232 e. The number of thiol groups is 1. The first kappa shape index (κ1) is 10.9. The summed E-state index contributed by atoms with van der Waals surface area (Å²) < 4.78 is 0. The largest absolute Gasteiger partial charge is 0.352 e. The minimum Gasteiger partial charge on any atom is -0.352 e. The summed E-state index contributed by atoms with van der Waals surface area (Å²) in [7, 11) is 0. The highest BCUT2D eigenvalue weighted by Crippen LogP contribution is 2.23. The number of rotatable bonds is 2. The van der Waals surface area contributed by atoms with Crippen LogP contribution < -0.4 is 5.32 Å². The lowest BCUT2D eigenvalue weighted by molar-refractivity contribution is -0.121. The lowest BCUT2D eigenvalue weighted by Gasteiger charge is -2.27. The molecule has 0 spiro atoms. The molecule has 0 heterocycles. The monoisotopic (exact) mass is 201 g/mol. The molecule has 1 saturated carbocycles. The number of hydrogen-bond acceptors (Lipinski definition) is 2. The molecule has 1 atom stereocenters. The summed E-state index contributed by atoms with van der Waals surface area (Å²) in [4.78, 5) is 11.3. The Bertz CT molecular complexity index is 174. The molecule has 1 N–H and O–H groups in total. The fourth-order valence-corrected chi connectivity index (χ4v) is 1.80. The third-order valence-electron chi connectivity index (χ3n) is 2.74. The second kappa shape index (κ2) is 4.89. The van der Waals surface area contributed by atoms with E-state index in [0.29, 0.717) is 6.04 Å². The first-order chi connectivity index (χ1) is 6.09. The molecule has 1 aliphatic rings. The Labute approximate surface area is 85.9 Å². The van der Waals surface area contributed by atoms with Gasteiger partial charge in [-0.25, -0.2) is 0 Å². The zero-order chi connectivity index (χ0) is 9.84. The molecule has 13 heavy (non-hydrogen) atoms. The summed E-state index contributed by atoms with van der Waals surface area (Å²) >= 11 is 4.10. The van der Waals surface area contributed by atoms with Gasteiger partial charge in [-0.1, -0.05) is 6.92 Å². The summed E-state index contributed by atoms with van der Waals surface area (Å²) in [5.74, 6) is 0.907. The van der Waals surface area contributed by atoms with Gasteiger partial charge in [-0.05, 0) is 38.5 Å². The topological polar surface area (TPSA) is 29.1 Å². The van der Waals surface area contributed by atoms with Crippen molar-refractivity contribution >= 4 is 18.5 Å². The van der Waals surface area contributed by atoms with Crippen molar-refractivity contribution in [2.45, 2.75) is 50.8 Å². The number of nitrogens with one attached hydrogen (secondary N) is 1. The van der Waals surface area contributed by atoms with Gasteiger partial charge in [-0.3, -0.25) is 4.79 Å². The number of amides is 1. The summed E-state index contributed by atoms with van der Waals surface area (Å²) in [6.07, 6.45) is 4.75. The van der Waals surface area contributed by atoms with Crippen molar-refractivity contribution in [2.24, 2.45) is 5.92 Å². The van der Waals surface area contributed by atoms with Crippen LogP contribution in [0.25, 0.3) is 0 Å². The molecule has 0 aliphatic heterocycles. The highest BCUT2D eigenvalue weighted by molar-refractivity contribution is 7.81. The quantitative estimate of drug-likeness (QED) is 0.657. The van der Waals surface area contributed by atoms with Gasteiger partial charge in [0.15, 0.2) is 0 Å². The second-order valence-electron chi connectivity index (χ2n) is 4.14. The minimum atomic E-state index is -0.181. The molecular weight excluding hydrogens is 182 g/mol. The van der Waals surface area contributed by atoms with Crippen molar-refractivity contribution in [3.63, 3.8) is 0 Å². The van der Waals surface area contributed by atoms with E-state index in [-0.39, 0.29) is 11.2 Å². The zero-order valence-electron chi connectivity index (χ0n) is 8.42. The Kier molecular flexibility index (Phi) is 4.10. The van der Waals surface area contributed by atoms with Gasteiger partial charge >= 0.3 is 0 Å². The van der Waals surface area contributed by atoms with Crippen LogP contribution in [-0.2, 0) is 4.79 Å². The molecule has 0 radical (unpaired) electrons. The Morgan fingerprint density at radius 1 is 1.38 bits per heavy atom. The molecule has 0 aromatic carbocycles. The van der Waals surface area contributed by atoms with Crippen LogP contribution in [0.1, 0.15) is 39.5 Å². The van der Waals surface area contributed by atoms with E-state index in [9.17, 15) is 4.79 Å². The van der Waals surface area contributed by atoms with Gasteiger partial charge < -0.3 is 5.32 Å².